The normalized spacial score (nSPS) is 16.7. The summed E-state index contributed by atoms with van der Waals surface area (Å²) in [5.41, 5.74) is 0.931. The summed E-state index contributed by atoms with van der Waals surface area (Å²) >= 11 is 12.4. The molecule has 2 aliphatic heterocycles. The Hall–Kier alpha value is -2.82. The lowest BCUT2D eigenvalue weighted by Gasteiger charge is -2.57. The van der Waals surface area contributed by atoms with Gasteiger partial charge in [0, 0.05) is 47.7 Å². The zero-order valence-corrected chi connectivity index (χ0v) is 21.7. The molecule has 11 heteroatoms. The van der Waals surface area contributed by atoms with Gasteiger partial charge in [0.05, 0.1) is 4.90 Å². The number of rotatable bonds is 7. The van der Waals surface area contributed by atoms with Gasteiger partial charge >= 0.3 is 0 Å². The van der Waals surface area contributed by atoms with Crippen molar-refractivity contribution in [2.75, 3.05) is 19.8 Å². The van der Waals surface area contributed by atoms with Crippen molar-refractivity contribution in [3.05, 3.63) is 112 Å². The van der Waals surface area contributed by atoms with E-state index in [2.05, 4.69) is 19.5 Å². The summed E-state index contributed by atoms with van der Waals surface area (Å²) in [5, 5.41) is 1.16. The van der Waals surface area contributed by atoms with Crippen LogP contribution in [-0.4, -0.2) is 50.2 Å². The zero-order valence-electron chi connectivity index (χ0n) is 19.4. The molecule has 0 spiro atoms. The molecule has 0 bridgehead atoms. The molecule has 2 aliphatic rings. The fourth-order valence-corrected chi connectivity index (χ4v) is 6.31. The van der Waals surface area contributed by atoms with Crippen molar-refractivity contribution in [1.29, 1.82) is 0 Å². The molecule has 6 nitrogen and oxygen atoms in total. The van der Waals surface area contributed by atoms with Gasteiger partial charge < -0.3 is 4.90 Å². The van der Waals surface area contributed by atoms with E-state index >= 15 is 0 Å². The number of likely N-dealkylation sites (tertiary alicyclic amines) is 1. The number of nitrogens with one attached hydrogen (secondary N) is 1. The largest absolute Gasteiger partial charge is 0.332 e. The van der Waals surface area contributed by atoms with Crippen LogP contribution in [0.2, 0.25) is 10.0 Å². The third-order valence-corrected chi connectivity index (χ3v) is 8.41. The van der Waals surface area contributed by atoms with Crippen molar-refractivity contribution in [1.82, 2.24) is 14.5 Å². The Bertz CT molecular complexity index is 1390. The van der Waals surface area contributed by atoms with Crippen molar-refractivity contribution < 1.29 is 17.2 Å². The van der Waals surface area contributed by atoms with Gasteiger partial charge in [-0.2, -0.15) is 0 Å². The van der Waals surface area contributed by atoms with Gasteiger partial charge in [-0.3, -0.25) is 9.89 Å². The molecule has 192 valence electrons. The standard InChI is InChI=1S/C26H22Cl2F2N4O2S/c27-20-6-2-18(3-7-20)26(33-11-1-10-31-17-33,19-4-8-21(28)9-5-19)34-15-24(16-34)32-37(35,36)25-13-22(29)12-23(30)14-25/h1-14,24,32H,15-17H2. The number of halogens is 4. The Kier molecular flexibility index (Phi) is 7.08. The second-order valence-corrected chi connectivity index (χ2v) is 11.4. The van der Waals surface area contributed by atoms with Crippen LogP contribution in [0, 0.1) is 11.6 Å². The summed E-state index contributed by atoms with van der Waals surface area (Å²) in [5.74, 6) is -1.92. The molecule has 1 N–H and O–H groups in total. The first-order valence-electron chi connectivity index (χ1n) is 11.4. The van der Waals surface area contributed by atoms with Crippen molar-refractivity contribution in [3.63, 3.8) is 0 Å². The van der Waals surface area contributed by atoms with Crippen LogP contribution in [0.5, 0.6) is 0 Å². The molecule has 2 heterocycles. The lowest BCUT2D eigenvalue weighted by Crippen LogP contribution is -2.69. The summed E-state index contributed by atoms with van der Waals surface area (Å²) in [4.78, 5) is 8.16. The molecular formula is C26H22Cl2F2N4O2S. The first kappa shape index (κ1) is 25.8. The highest BCUT2D eigenvalue weighted by atomic mass is 35.5. The number of nitrogens with zero attached hydrogens (tertiary/aromatic N) is 3. The third-order valence-electron chi connectivity index (χ3n) is 6.41. The molecular weight excluding hydrogens is 541 g/mol. The third kappa shape index (κ3) is 5.02. The molecule has 0 aromatic heterocycles. The predicted octanol–water partition coefficient (Wildman–Crippen LogP) is 4.99. The summed E-state index contributed by atoms with van der Waals surface area (Å²) in [6.07, 6.45) is 5.49. The lowest BCUT2D eigenvalue weighted by atomic mass is 9.84. The highest BCUT2D eigenvalue weighted by Gasteiger charge is 2.50. The molecule has 0 unspecified atom stereocenters. The van der Waals surface area contributed by atoms with E-state index in [0.717, 1.165) is 23.3 Å². The SMILES string of the molecule is O=S(=O)(NC1CN(C(c2ccc(Cl)cc2)(c2ccc(Cl)cc2)N2C=CC=NC2)C1)c1cc(F)cc(F)c1. The fraction of sp³-hybridized carbons (Fsp3) is 0.192. The van der Waals surface area contributed by atoms with Gasteiger partial charge in [-0.25, -0.2) is 21.9 Å². The first-order chi connectivity index (χ1) is 17.7. The minimum atomic E-state index is -4.14. The molecule has 1 fully saturated rings. The van der Waals surface area contributed by atoms with Crippen LogP contribution in [0.25, 0.3) is 0 Å². The maximum absolute atomic E-state index is 13.7. The first-order valence-corrected chi connectivity index (χ1v) is 13.6. The van der Waals surface area contributed by atoms with E-state index in [-0.39, 0.29) is 0 Å². The summed E-state index contributed by atoms with van der Waals surface area (Å²) in [6.45, 7) is 0.990. The van der Waals surface area contributed by atoms with Crippen molar-refractivity contribution in [2.24, 2.45) is 4.99 Å². The Labute approximate surface area is 223 Å². The monoisotopic (exact) mass is 562 g/mol. The topological polar surface area (TPSA) is 65.0 Å². The van der Waals surface area contributed by atoms with E-state index in [0.29, 0.717) is 35.9 Å². The highest BCUT2D eigenvalue weighted by Crippen LogP contribution is 2.43. The van der Waals surface area contributed by atoms with E-state index in [1.807, 2.05) is 36.5 Å². The lowest BCUT2D eigenvalue weighted by molar-refractivity contribution is -0.0563. The maximum atomic E-state index is 13.7. The average Bonchev–Trinajstić information content (AvgIpc) is 2.85. The minimum Gasteiger partial charge on any atom is -0.332 e. The van der Waals surface area contributed by atoms with E-state index < -0.39 is 38.3 Å². The molecule has 3 aromatic carbocycles. The van der Waals surface area contributed by atoms with E-state index in [9.17, 15) is 17.2 Å². The van der Waals surface area contributed by atoms with Crippen LogP contribution >= 0.6 is 23.2 Å². The van der Waals surface area contributed by atoms with Crippen LogP contribution in [0.3, 0.4) is 0 Å². The van der Waals surface area contributed by atoms with Gasteiger partial charge in [0.2, 0.25) is 10.0 Å². The predicted molar refractivity (Wildman–Crippen MR) is 140 cm³/mol. The van der Waals surface area contributed by atoms with Crippen LogP contribution in [0.15, 0.2) is 88.9 Å². The van der Waals surface area contributed by atoms with Gasteiger partial charge in [0.1, 0.15) is 24.0 Å². The fourth-order valence-electron chi connectivity index (χ4n) is 4.79. The number of sulfonamides is 1. The molecule has 1 saturated heterocycles. The Morgan fingerprint density at radius 2 is 1.43 bits per heavy atom. The smallest absolute Gasteiger partial charge is 0.241 e. The van der Waals surface area contributed by atoms with Gasteiger partial charge in [0.15, 0.2) is 0 Å². The van der Waals surface area contributed by atoms with Gasteiger partial charge in [-0.1, -0.05) is 47.5 Å². The molecule has 0 amide bonds. The van der Waals surface area contributed by atoms with E-state index in [4.69, 9.17) is 23.2 Å². The number of aliphatic imine (C=N–C) groups is 1. The Morgan fingerprint density at radius 3 is 1.92 bits per heavy atom. The Balaban J connectivity index is 1.51. The highest BCUT2D eigenvalue weighted by molar-refractivity contribution is 7.89. The summed E-state index contributed by atoms with van der Waals surface area (Å²) in [6, 6.07) is 16.6. The molecule has 0 aliphatic carbocycles. The second-order valence-electron chi connectivity index (χ2n) is 8.80. The van der Waals surface area contributed by atoms with Gasteiger partial charge in [-0.05, 0) is 53.6 Å². The van der Waals surface area contributed by atoms with Crippen LogP contribution in [0.1, 0.15) is 11.1 Å². The van der Waals surface area contributed by atoms with Gasteiger partial charge in [0.25, 0.3) is 0 Å². The minimum absolute atomic E-state index is 0.316. The number of hydrogen-bond donors (Lipinski definition) is 1. The number of allylic oxidation sites excluding steroid dienone is 1. The molecule has 5 rings (SSSR count). The van der Waals surface area contributed by atoms with E-state index in [1.165, 1.54) is 0 Å². The number of hydrogen-bond acceptors (Lipinski definition) is 5. The molecule has 3 aromatic rings. The molecule has 0 radical (unpaired) electrons. The van der Waals surface area contributed by atoms with Crippen molar-refractivity contribution >= 4 is 39.4 Å². The molecule has 37 heavy (non-hydrogen) atoms. The average molecular weight is 563 g/mol. The van der Waals surface area contributed by atoms with Gasteiger partial charge in [-0.15, -0.1) is 0 Å². The summed E-state index contributed by atoms with van der Waals surface area (Å²) < 4.78 is 55.7. The molecule has 0 atom stereocenters. The zero-order chi connectivity index (χ0) is 26.2. The molecule has 0 saturated carbocycles. The summed E-state index contributed by atoms with van der Waals surface area (Å²) in [7, 11) is -4.14. The second kappa shape index (κ2) is 10.2. The van der Waals surface area contributed by atoms with E-state index in [1.54, 1.807) is 30.5 Å². The number of benzene rings is 3. The van der Waals surface area contributed by atoms with Crippen LogP contribution < -0.4 is 4.72 Å². The van der Waals surface area contributed by atoms with Crippen LogP contribution in [0.4, 0.5) is 8.78 Å². The van der Waals surface area contributed by atoms with Crippen molar-refractivity contribution in [2.45, 2.75) is 16.6 Å². The van der Waals surface area contributed by atoms with Crippen LogP contribution in [-0.2, 0) is 15.7 Å². The maximum Gasteiger partial charge on any atom is 0.241 e. The Morgan fingerprint density at radius 1 is 0.892 bits per heavy atom. The quantitative estimate of drug-likeness (QED) is 0.440. The van der Waals surface area contributed by atoms with Crippen molar-refractivity contribution in [3.8, 4) is 0 Å².